The molecule has 0 amide bonds. The third-order valence-corrected chi connectivity index (χ3v) is 10.2. The van der Waals surface area contributed by atoms with E-state index in [-0.39, 0.29) is 63.9 Å². The Labute approximate surface area is 270 Å². The van der Waals surface area contributed by atoms with Crippen molar-refractivity contribution in [2.45, 2.75) is 43.5 Å². The molecule has 4 N–H and O–H groups in total. The minimum absolute atomic E-state index is 0.00683. The van der Waals surface area contributed by atoms with Crippen LogP contribution in [0.25, 0.3) is 32.8 Å². The molecule has 0 saturated carbocycles. The van der Waals surface area contributed by atoms with Crippen LogP contribution in [-0.2, 0) is 6.61 Å². The lowest BCUT2D eigenvalue weighted by Gasteiger charge is -2.35. The summed E-state index contributed by atoms with van der Waals surface area (Å²) >= 11 is 0. The second kappa shape index (κ2) is 11.2. The first-order chi connectivity index (χ1) is 22.8. The Bertz CT molecular complexity index is 2060. The second-order valence-electron chi connectivity index (χ2n) is 13.1. The van der Waals surface area contributed by atoms with Crippen LogP contribution in [0.4, 0.5) is 20.3 Å². The fourth-order valence-corrected chi connectivity index (χ4v) is 8.18. The van der Waals surface area contributed by atoms with Crippen LogP contribution < -0.4 is 20.7 Å². The molecule has 47 heavy (non-hydrogen) atoms. The van der Waals surface area contributed by atoms with E-state index in [9.17, 15) is 14.8 Å². The largest absolute Gasteiger partial charge is 0.461 e. The van der Waals surface area contributed by atoms with Crippen LogP contribution in [0.15, 0.2) is 42.5 Å². The molecule has 2 bridgehead atoms. The van der Waals surface area contributed by atoms with Gasteiger partial charge in [-0.2, -0.15) is 15.2 Å². The summed E-state index contributed by atoms with van der Waals surface area (Å²) in [5, 5.41) is 25.1. The van der Waals surface area contributed by atoms with Crippen molar-refractivity contribution in [1.82, 2.24) is 20.2 Å². The number of benzene rings is 3. The van der Waals surface area contributed by atoms with Crippen LogP contribution >= 0.6 is 0 Å². The first-order valence-corrected chi connectivity index (χ1v) is 15.9. The standard InChI is InChI=1S/C36H33F2N7O2/c1-2-26-29(37)7-4-21-10-23(40)12-27(30(21)26)31-22(18-46)11-28-33(32(31)38)42-35(43-34(28)44-16-24-5-6-25(17-44)41-24)47-19-36-8-3-9-45(36)15-20(13-36)14-39/h1,4-7,10-12,20,24-25,41,46H,3,8-9,13,15-19,40H2/t20-,24?,25?,36-/m0/s1. The number of aliphatic hydroxyl groups excluding tert-OH is 1. The number of nitrogens with one attached hydrogen (secondary N) is 1. The number of anilines is 2. The smallest absolute Gasteiger partial charge is 0.319 e. The Morgan fingerprint density at radius 3 is 2.70 bits per heavy atom. The number of fused-ring (bicyclic) bond motifs is 5. The van der Waals surface area contributed by atoms with Crippen molar-refractivity contribution in [1.29, 1.82) is 5.26 Å². The Hall–Kier alpha value is -4.81. The van der Waals surface area contributed by atoms with Gasteiger partial charge in [-0.05, 0) is 66.6 Å². The van der Waals surface area contributed by atoms with E-state index in [4.69, 9.17) is 21.9 Å². The first-order valence-electron chi connectivity index (χ1n) is 15.9. The molecule has 4 atom stereocenters. The van der Waals surface area contributed by atoms with Gasteiger partial charge in [0.1, 0.15) is 23.8 Å². The minimum Gasteiger partial charge on any atom is -0.461 e. The van der Waals surface area contributed by atoms with E-state index in [2.05, 4.69) is 44.2 Å². The van der Waals surface area contributed by atoms with Gasteiger partial charge >= 0.3 is 6.01 Å². The number of piperazine rings is 1. The van der Waals surface area contributed by atoms with Crippen molar-refractivity contribution in [3.05, 3.63) is 65.2 Å². The molecule has 1 aromatic heterocycles. The summed E-state index contributed by atoms with van der Waals surface area (Å²) in [6.07, 6.45) is 12.6. The number of nitrogens with zero attached hydrogens (tertiary/aromatic N) is 5. The molecule has 0 radical (unpaired) electrons. The quantitative estimate of drug-likeness (QED) is 0.162. The summed E-state index contributed by atoms with van der Waals surface area (Å²) in [6.45, 7) is 2.57. The molecule has 0 aliphatic carbocycles. The zero-order chi connectivity index (χ0) is 32.4. The number of hydrogen-bond acceptors (Lipinski definition) is 9. The molecule has 3 fully saturated rings. The number of aliphatic hydroxyl groups is 1. The summed E-state index contributed by atoms with van der Waals surface area (Å²) in [6, 6.07) is 10.4. The lowest BCUT2D eigenvalue weighted by Crippen LogP contribution is -2.52. The lowest BCUT2D eigenvalue weighted by molar-refractivity contribution is 0.107. The molecule has 4 aromatic rings. The van der Waals surface area contributed by atoms with Gasteiger partial charge < -0.3 is 25.8 Å². The van der Waals surface area contributed by atoms with E-state index in [0.29, 0.717) is 53.7 Å². The predicted octanol–water partition coefficient (Wildman–Crippen LogP) is 4.26. The van der Waals surface area contributed by atoms with Crippen molar-refractivity contribution in [2.75, 3.05) is 43.4 Å². The van der Waals surface area contributed by atoms with Crippen molar-refractivity contribution in [3.8, 4) is 35.6 Å². The van der Waals surface area contributed by atoms with Gasteiger partial charge in [0.2, 0.25) is 0 Å². The molecule has 3 saturated heterocycles. The van der Waals surface area contributed by atoms with E-state index in [1.165, 1.54) is 6.07 Å². The average molecular weight is 634 g/mol. The van der Waals surface area contributed by atoms with Crippen molar-refractivity contribution in [3.63, 3.8) is 0 Å². The maximum absolute atomic E-state index is 17.2. The van der Waals surface area contributed by atoms with Gasteiger partial charge in [0.25, 0.3) is 0 Å². The fraction of sp³-hybridized carbons (Fsp3) is 0.361. The highest BCUT2D eigenvalue weighted by Crippen LogP contribution is 2.44. The average Bonchev–Trinajstić information content (AvgIpc) is 3.74. The molecular weight excluding hydrogens is 600 g/mol. The van der Waals surface area contributed by atoms with Crippen LogP contribution in [-0.4, -0.2) is 70.4 Å². The number of halogens is 2. The zero-order valence-electron chi connectivity index (χ0n) is 25.6. The number of nitrogens with two attached hydrogens (primary N) is 1. The molecule has 238 valence electrons. The molecule has 11 heteroatoms. The van der Waals surface area contributed by atoms with E-state index in [1.807, 2.05) is 0 Å². The van der Waals surface area contributed by atoms with Crippen LogP contribution in [0, 0.1) is 41.2 Å². The van der Waals surface area contributed by atoms with Crippen molar-refractivity contribution >= 4 is 33.2 Å². The van der Waals surface area contributed by atoms with Gasteiger partial charge in [0.15, 0.2) is 5.82 Å². The maximum atomic E-state index is 17.2. The molecule has 9 nitrogen and oxygen atoms in total. The van der Waals surface area contributed by atoms with Gasteiger partial charge in [0, 0.05) is 53.7 Å². The van der Waals surface area contributed by atoms with Crippen LogP contribution in [0.5, 0.6) is 6.01 Å². The number of hydrogen-bond donors (Lipinski definition) is 3. The second-order valence-corrected chi connectivity index (χ2v) is 13.1. The zero-order valence-corrected chi connectivity index (χ0v) is 25.6. The fourth-order valence-electron chi connectivity index (χ4n) is 8.18. The third kappa shape index (κ3) is 4.77. The predicted molar refractivity (Wildman–Crippen MR) is 175 cm³/mol. The number of terminal acetylenes is 1. The number of rotatable bonds is 6. The summed E-state index contributed by atoms with van der Waals surface area (Å²) < 4.78 is 38.6. The third-order valence-electron chi connectivity index (χ3n) is 10.2. The highest BCUT2D eigenvalue weighted by molar-refractivity contribution is 6.05. The Kier molecular flexibility index (Phi) is 7.03. The number of nitriles is 1. The van der Waals surface area contributed by atoms with Gasteiger partial charge in [-0.15, -0.1) is 6.42 Å². The van der Waals surface area contributed by atoms with Crippen molar-refractivity contribution in [2.24, 2.45) is 5.92 Å². The molecule has 4 aliphatic rings. The highest BCUT2D eigenvalue weighted by atomic mass is 19.1. The van der Waals surface area contributed by atoms with Crippen molar-refractivity contribution < 1.29 is 18.6 Å². The van der Waals surface area contributed by atoms with E-state index < -0.39 is 18.2 Å². The SMILES string of the molecule is C#Cc1c(F)ccc2cc(N)cc(-c3c(CO)cc4c(N5CC6C=CC(C5)N6)nc(OC[C@@]56CCCN5C[C@H](C#N)C6)nc4c3F)c12. The molecular formula is C36H33F2N7O2. The Morgan fingerprint density at radius 2 is 1.96 bits per heavy atom. The number of ether oxygens (including phenoxy) is 1. The normalized spacial score (nSPS) is 25.0. The molecule has 8 rings (SSSR count). The summed E-state index contributed by atoms with van der Waals surface area (Å²) in [5.74, 6) is 1.51. The highest BCUT2D eigenvalue weighted by Gasteiger charge is 2.49. The molecule has 3 aromatic carbocycles. The minimum atomic E-state index is -0.721. The van der Waals surface area contributed by atoms with Gasteiger partial charge in [0.05, 0.1) is 29.7 Å². The van der Waals surface area contributed by atoms with Gasteiger partial charge in [-0.3, -0.25) is 4.90 Å². The van der Waals surface area contributed by atoms with Crippen LogP contribution in [0.1, 0.15) is 30.4 Å². The van der Waals surface area contributed by atoms with E-state index in [0.717, 1.165) is 19.4 Å². The van der Waals surface area contributed by atoms with E-state index in [1.54, 1.807) is 24.3 Å². The van der Waals surface area contributed by atoms with Crippen LogP contribution in [0.2, 0.25) is 0 Å². The summed E-state index contributed by atoms with van der Waals surface area (Å²) in [4.78, 5) is 13.9. The Balaban J connectivity index is 1.31. The Morgan fingerprint density at radius 1 is 1.15 bits per heavy atom. The topological polar surface area (TPSA) is 124 Å². The number of aromatic nitrogens is 2. The van der Waals surface area contributed by atoms with Gasteiger partial charge in [-0.25, -0.2) is 8.78 Å². The molecule has 5 heterocycles. The maximum Gasteiger partial charge on any atom is 0.319 e. The first kappa shape index (κ1) is 29.6. The molecule has 0 spiro atoms. The lowest BCUT2D eigenvalue weighted by atomic mass is 9.90. The summed E-state index contributed by atoms with van der Waals surface area (Å²) in [7, 11) is 0. The van der Waals surface area contributed by atoms with Gasteiger partial charge in [-0.1, -0.05) is 24.1 Å². The van der Waals surface area contributed by atoms with E-state index >= 15 is 4.39 Å². The monoisotopic (exact) mass is 633 g/mol. The summed E-state index contributed by atoms with van der Waals surface area (Å²) in [5.41, 5.74) is 6.84. The number of nitrogen functional groups attached to an aromatic ring is 1. The molecule has 2 unspecified atom stereocenters. The van der Waals surface area contributed by atoms with Crippen LogP contribution in [0.3, 0.4) is 0 Å². The molecule has 4 aliphatic heterocycles.